The number of urea groups is 1. The first kappa shape index (κ1) is 14.3. The maximum atomic E-state index is 11.8. The zero-order valence-corrected chi connectivity index (χ0v) is 10.4. The number of carbonyl (C=O) groups is 2. The van der Waals surface area contributed by atoms with Crippen molar-refractivity contribution in [3.05, 3.63) is 0 Å². The summed E-state index contributed by atoms with van der Waals surface area (Å²) in [6.07, 6.45) is 6.81. The molecule has 0 aromatic rings. The van der Waals surface area contributed by atoms with Crippen LogP contribution in [-0.2, 0) is 9.53 Å². The Balaban J connectivity index is 2.34. The second-order valence-corrected chi connectivity index (χ2v) is 4.15. The van der Waals surface area contributed by atoms with E-state index in [0.29, 0.717) is 6.61 Å². The number of hydrogen-bond acceptors (Lipinski definition) is 3. The van der Waals surface area contributed by atoms with Crippen LogP contribution < -0.4 is 5.32 Å². The van der Waals surface area contributed by atoms with E-state index in [1.165, 1.54) is 0 Å². The molecule has 6 heteroatoms. The van der Waals surface area contributed by atoms with Gasteiger partial charge in [0, 0.05) is 12.6 Å². The summed E-state index contributed by atoms with van der Waals surface area (Å²) in [5.41, 5.74) is 0. The van der Waals surface area contributed by atoms with Crippen molar-refractivity contribution in [2.45, 2.75) is 31.9 Å². The van der Waals surface area contributed by atoms with Crippen LogP contribution in [0.25, 0.3) is 0 Å². The fourth-order valence-electron chi connectivity index (χ4n) is 1.79. The van der Waals surface area contributed by atoms with Gasteiger partial charge >= 0.3 is 12.0 Å². The fourth-order valence-corrected chi connectivity index (χ4v) is 1.79. The lowest BCUT2D eigenvalue weighted by Gasteiger charge is -2.36. The Kier molecular flexibility index (Phi) is 5.46. The molecule has 18 heavy (non-hydrogen) atoms. The number of nitrogens with zero attached hydrogens (tertiary/aromatic N) is 1. The van der Waals surface area contributed by atoms with E-state index in [2.05, 4.69) is 11.2 Å². The summed E-state index contributed by atoms with van der Waals surface area (Å²) in [4.78, 5) is 23.4. The van der Waals surface area contributed by atoms with Gasteiger partial charge in [-0.2, -0.15) is 0 Å². The number of nitrogens with one attached hydrogen (secondary N) is 1. The average molecular weight is 254 g/mol. The van der Waals surface area contributed by atoms with Crippen LogP contribution in [0.15, 0.2) is 0 Å². The zero-order chi connectivity index (χ0) is 13.5. The first-order valence-corrected chi connectivity index (χ1v) is 5.89. The van der Waals surface area contributed by atoms with Crippen LogP contribution in [0.3, 0.4) is 0 Å². The van der Waals surface area contributed by atoms with Crippen LogP contribution in [-0.4, -0.2) is 53.8 Å². The van der Waals surface area contributed by atoms with Crippen LogP contribution in [0.5, 0.6) is 0 Å². The lowest BCUT2D eigenvalue weighted by Crippen LogP contribution is -2.53. The number of carboxylic acids is 1. The number of hydrogen-bond donors (Lipinski definition) is 2. The number of carboxylic acid groups (broad SMARTS) is 1. The Hall–Kier alpha value is -1.74. The first-order valence-electron chi connectivity index (χ1n) is 5.89. The number of terminal acetylenes is 1. The largest absolute Gasteiger partial charge is 0.480 e. The summed E-state index contributed by atoms with van der Waals surface area (Å²) < 4.78 is 5.37. The summed E-state index contributed by atoms with van der Waals surface area (Å²) in [6, 6.07) is -0.390. The normalized spacial score (nSPS) is 21.6. The van der Waals surface area contributed by atoms with E-state index in [0.717, 1.165) is 17.7 Å². The van der Waals surface area contributed by atoms with Crippen LogP contribution in [0.1, 0.15) is 19.8 Å². The molecule has 0 atom stereocenters. The number of ether oxygens (including phenoxy) is 1. The van der Waals surface area contributed by atoms with Gasteiger partial charge in [0.15, 0.2) is 0 Å². The van der Waals surface area contributed by atoms with Gasteiger partial charge in [0.05, 0.1) is 12.6 Å². The molecule has 0 unspecified atom stereocenters. The lowest BCUT2D eigenvalue weighted by atomic mass is 9.89. The van der Waals surface area contributed by atoms with Gasteiger partial charge in [-0.3, -0.25) is 4.79 Å². The quantitative estimate of drug-likeness (QED) is 0.667. The smallest absolute Gasteiger partial charge is 0.323 e. The molecule has 0 radical (unpaired) electrons. The Morgan fingerprint density at radius 2 is 2.22 bits per heavy atom. The minimum absolute atomic E-state index is 0.0141. The highest BCUT2D eigenvalue weighted by Crippen LogP contribution is 2.23. The van der Waals surface area contributed by atoms with Crippen molar-refractivity contribution < 1.29 is 19.4 Å². The molecule has 1 aliphatic carbocycles. The second kappa shape index (κ2) is 6.87. The number of amides is 2. The third-order valence-electron chi connectivity index (χ3n) is 2.72. The van der Waals surface area contributed by atoms with Gasteiger partial charge < -0.3 is 20.1 Å². The fraction of sp³-hybridized carbons (Fsp3) is 0.667. The van der Waals surface area contributed by atoms with Gasteiger partial charge in [-0.05, 0) is 19.8 Å². The van der Waals surface area contributed by atoms with Crippen molar-refractivity contribution in [1.29, 1.82) is 0 Å². The average Bonchev–Trinajstić information content (AvgIpc) is 2.25. The third kappa shape index (κ3) is 4.26. The van der Waals surface area contributed by atoms with Crippen LogP contribution >= 0.6 is 0 Å². The van der Waals surface area contributed by atoms with Crippen molar-refractivity contribution in [1.82, 2.24) is 10.2 Å². The predicted octanol–water partition coefficient (Wildman–Crippen LogP) is 0.283. The SMILES string of the molecule is C#CCN(CC(=O)O)C(=O)NC1CC(OCC)C1. The topological polar surface area (TPSA) is 78.9 Å². The van der Waals surface area contributed by atoms with Gasteiger partial charge in [-0.25, -0.2) is 4.79 Å². The van der Waals surface area contributed by atoms with E-state index in [9.17, 15) is 9.59 Å². The molecule has 2 N–H and O–H groups in total. The second-order valence-electron chi connectivity index (χ2n) is 4.15. The highest BCUT2D eigenvalue weighted by Gasteiger charge is 2.31. The Labute approximate surface area is 106 Å². The third-order valence-corrected chi connectivity index (χ3v) is 2.72. The summed E-state index contributed by atoms with van der Waals surface area (Å²) in [7, 11) is 0. The van der Waals surface area contributed by atoms with E-state index in [1.54, 1.807) is 0 Å². The Morgan fingerprint density at radius 3 is 2.72 bits per heavy atom. The molecule has 2 amide bonds. The van der Waals surface area contributed by atoms with Crippen molar-refractivity contribution in [3.63, 3.8) is 0 Å². The van der Waals surface area contributed by atoms with E-state index < -0.39 is 18.5 Å². The van der Waals surface area contributed by atoms with Gasteiger partial charge in [0.2, 0.25) is 0 Å². The van der Waals surface area contributed by atoms with E-state index in [-0.39, 0.29) is 18.7 Å². The monoisotopic (exact) mass is 254 g/mol. The van der Waals surface area contributed by atoms with E-state index >= 15 is 0 Å². The van der Waals surface area contributed by atoms with Gasteiger partial charge in [-0.15, -0.1) is 6.42 Å². The molecule has 6 nitrogen and oxygen atoms in total. The molecule has 1 rings (SSSR count). The predicted molar refractivity (Wildman–Crippen MR) is 65.0 cm³/mol. The van der Waals surface area contributed by atoms with Crippen molar-refractivity contribution >= 4 is 12.0 Å². The molecule has 0 heterocycles. The highest BCUT2D eigenvalue weighted by atomic mass is 16.5. The molecule has 0 spiro atoms. The molecule has 0 aliphatic heterocycles. The number of rotatable bonds is 6. The zero-order valence-electron chi connectivity index (χ0n) is 10.4. The van der Waals surface area contributed by atoms with Gasteiger partial charge in [-0.1, -0.05) is 5.92 Å². The molecule has 0 aromatic carbocycles. The minimum Gasteiger partial charge on any atom is -0.480 e. The lowest BCUT2D eigenvalue weighted by molar-refractivity contribution is -0.137. The number of aliphatic carboxylic acids is 1. The van der Waals surface area contributed by atoms with Crippen molar-refractivity contribution in [2.24, 2.45) is 0 Å². The molecule has 100 valence electrons. The Morgan fingerprint density at radius 1 is 1.56 bits per heavy atom. The van der Waals surface area contributed by atoms with Crippen LogP contribution in [0.2, 0.25) is 0 Å². The first-order chi connectivity index (χ1) is 8.56. The molecular formula is C12H18N2O4. The van der Waals surface area contributed by atoms with Gasteiger partial charge in [0.1, 0.15) is 6.54 Å². The molecule has 0 saturated heterocycles. The maximum absolute atomic E-state index is 11.8. The van der Waals surface area contributed by atoms with Gasteiger partial charge in [0.25, 0.3) is 0 Å². The van der Waals surface area contributed by atoms with Crippen LogP contribution in [0.4, 0.5) is 4.79 Å². The summed E-state index contributed by atoms with van der Waals surface area (Å²) in [5, 5.41) is 11.4. The highest BCUT2D eigenvalue weighted by molar-refractivity contribution is 5.80. The molecule has 0 aromatic heterocycles. The van der Waals surface area contributed by atoms with Crippen LogP contribution in [0, 0.1) is 12.3 Å². The minimum atomic E-state index is -1.08. The molecule has 1 fully saturated rings. The standard InChI is InChI=1S/C12H18N2O4/c1-3-5-14(8-11(15)16)12(17)13-9-6-10(7-9)18-4-2/h1,9-10H,4-8H2,2H3,(H,13,17)(H,15,16). The number of carbonyl (C=O) groups excluding carboxylic acids is 1. The molecular weight excluding hydrogens is 236 g/mol. The van der Waals surface area contributed by atoms with Crippen molar-refractivity contribution in [3.8, 4) is 12.3 Å². The summed E-state index contributed by atoms with van der Waals surface area (Å²) in [5.74, 6) is 1.19. The van der Waals surface area contributed by atoms with E-state index in [4.69, 9.17) is 16.3 Å². The van der Waals surface area contributed by atoms with E-state index in [1.807, 2.05) is 6.92 Å². The molecule has 1 saturated carbocycles. The Bertz CT molecular complexity index is 344. The summed E-state index contributed by atoms with van der Waals surface area (Å²) in [6.45, 7) is 2.18. The maximum Gasteiger partial charge on any atom is 0.323 e. The molecule has 1 aliphatic rings. The van der Waals surface area contributed by atoms with Crippen molar-refractivity contribution in [2.75, 3.05) is 19.7 Å². The summed E-state index contributed by atoms with van der Waals surface area (Å²) >= 11 is 0. The molecule has 0 bridgehead atoms.